The third-order valence-electron chi connectivity index (χ3n) is 2.51. The number of nitrogens with two attached hydrogens (primary N) is 1. The van der Waals surface area contributed by atoms with Crippen LogP contribution in [0.3, 0.4) is 0 Å². The van der Waals surface area contributed by atoms with Crippen LogP contribution < -0.4 is 5.73 Å². The second-order valence-corrected chi connectivity index (χ2v) is 5.00. The van der Waals surface area contributed by atoms with Crippen LogP contribution in [-0.4, -0.2) is 22.5 Å². The second kappa shape index (κ2) is 6.38. The SMILES string of the molecule is CCOC(=O)c1cccc(N)c1Sc1nccc(C)n1. The highest BCUT2D eigenvalue weighted by Crippen LogP contribution is 2.33. The molecule has 0 saturated carbocycles. The Morgan fingerprint density at radius 2 is 2.20 bits per heavy atom. The highest BCUT2D eigenvalue weighted by Gasteiger charge is 2.16. The molecule has 20 heavy (non-hydrogen) atoms. The van der Waals surface area contributed by atoms with Crippen molar-refractivity contribution in [1.29, 1.82) is 0 Å². The number of hydrogen-bond acceptors (Lipinski definition) is 6. The highest BCUT2D eigenvalue weighted by molar-refractivity contribution is 7.99. The number of aromatic nitrogens is 2. The summed E-state index contributed by atoms with van der Waals surface area (Å²) in [5, 5.41) is 0.549. The lowest BCUT2D eigenvalue weighted by molar-refractivity contribution is 0.0522. The molecule has 104 valence electrons. The number of rotatable bonds is 4. The predicted octanol–water partition coefficient (Wildman–Crippen LogP) is 2.70. The van der Waals surface area contributed by atoms with Crippen LogP contribution in [0.2, 0.25) is 0 Å². The molecule has 2 N–H and O–H groups in total. The summed E-state index contributed by atoms with van der Waals surface area (Å²) in [6.07, 6.45) is 1.67. The van der Waals surface area contributed by atoms with E-state index in [1.165, 1.54) is 11.8 Å². The van der Waals surface area contributed by atoms with E-state index in [2.05, 4.69) is 9.97 Å². The molecule has 0 aliphatic carbocycles. The van der Waals surface area contributed by atoms with Gasteiger partial charge in [-0.15, -0.1) is 0 Å². The fraction of sp³-hybridized carbons (Fsp3) is 0.214. The molecule has 0 fully saturated rings. The molecule has 0 unspecified atom stereocenters. The van der Waals surface area contributed by atoms with E-state index in [4.69, 9.17) is 10.5 Å². The summed E-state index contributed by atoms with van der Waals surface area (Å²) >= 11 is 1.26. The number of ether oxygens (including phenoxy) is 1. The zero-order valence-corrected chi connectivity index (χ0v) is 12.1. The van der Waals surface area contributed by atoms with Crippen LogP contribution >= 0.6 is 11.8 Å². The molecule has 2 aromatic rings. The second-order valence-electron chi connectivity index (χ2n) is 4.03. The third kappa shape index (κ3) is 3.27. The van der Waals surface area contributed by atoms with Crippen molar-refractivity contribution >= 4 is 23.4 Å². The first-order valence-electron chi connectivity index (χ1n) is 6.15. The number of esters is 1. The van der Waals surface area contributed by atoms with E-state index >= 15 is 0 Å². The molecule has 0 atom stereocenters. The van der Waals surface area contributed by atoms with E-state index in [-0.39, 0.29) is 0 Å². The molecule has 2 rings (SSSR count). The largest absolute Gasteiger partial charge is 0.462 e. The van der Waals surface area contributed by atoms with Crippen molar-refractivity contribution < 1.29 is 9.53 Å². The fourth-order valence-electron chi connectivity index (χ4n) is 1.60. The van der Waals surface area contributed by atoms with Crippen molar-refractivity contribution in [2.45, 2.75) is 23.9 Å². The van der Waals surface area contributed by atoms with Crippen LogP contribution in [-0.2, 0) is 4.74 Å². The summed E-state index contributed by atoms with van der Waals surface area (Å²) < 4.78 is 5.04. The summed E-state index contributed by atoms with van der Waals surface area (Å²) in [5.74, 6) is -0.394. The number of carbonyl (C=O) groups excluding carboxylic acids is 1. The number of benzene rings is 1. The van der Waals surface area contributed by atoms with Gasteiger partial charge in [0.2, 0.25) is 0 Å². The minimum atomic E-state index is -0.394. The van der Waals surface area contributed by atoms with Gasteiger partial charge in [0.15, 0.2) is 5.16 Å². The summed E-state index contributed by atoms with van der Waals surface area (Å²) in [6, 6.07) is 6.96. The topological polar surface area (TPSA) is 78.1 Å². The van der Waals surface area contributed by atoms with Gasteiger partial charge in [-0.1, -0.05) is 6.07 Å². The van der Waals surface area contributed by atoms with Gasteiger partial charge in [-0.25, -0.2) is 14.8 Å². The van der Waals surface area contributed by atoms with Crippen LogP contribution in [0.15, 0.2) is 40.5 Å². The van der Waals surface area contributed by atoms with Crippen molar-refractivity contribution in [2.75, 3.05) is 12.3 Å². The lowest BCUT2D eigenvalue weighted by atomic mass is 10.2. The average molecular weight is 289 g/mol. The van der Waals surface area contributed by atoms with Crippen molar-refractivity contribution in [3.05, 3.63) is 41.7 Å². The average Bonchev–Trinajstić information content (AvgIpc) is 2.41. The van der Waals surface area contributed by atoms with E-state index < -0.39 is 5.97 Å². The van der Waals surface area contributed by atoms with Gasteiger partial charge in [0, 0.05) is 17.6 Å². The molecule has 0 spiro atoms. The molecule has 0 saturated heterocycles. The summed E-state index contributed by atoms with van der Waals surface area (Å²) in [4.78, 5) is 21.0. The Kier molecular flexibility index (Phi) is 4.57. The number of carbonyl (C=O) groups is 1. The zero-order chi connectivity index (χ0) is 14.5. The standard InChI is InChI=1S/C14H15N3O2S/c1-3-19-13(18)10-5-4-6-11(15)12(10)20-14-16-8-7-9(2)17-14/h4-8H,3,15H2,1-2H3. The smallest absolute Gasteiger partial charge is 0.339 e. The molecule has 6 heteroatoms. The zero-order valence-electron chi connectivity index (χ0n) is 11.3. The van der Waals surface area contributed by atoms with Gasteiger partial charge in [0.1, 0.15) is 0 Å². The normalized spacial score (nSPS) is 10.3. The number of nitrogens with zero attached hydrogens (tertiary/aromatic N) is 2. The number of nitrogen functional groups attached to an aromatic ring is 1. The lowest BCUT2D eigenvalue weighted by Gasteiger charge is -2.10. The van der Waals surface area contributed by atoms with Gasteiger partial charge >= 0.3 is 5.97 Å². The first-order valence-corrected chi connectivity index (χ1v) is 6.96. The van der Waals surface area contributed by atoms with Gasteiger partial charge in [0.25, 0.3) is 0 Å². The molecule has 0 aliphatic rings. The van der Waals surface area contributed by atoms with Crippen LogP contribution in [0.25, 0.3) is 0 Å². The molecule has 0 bridgehead atoms. The predicted molar refractivity (Wildman–Crippen MR) is 77.7 cm³/mol. The first kappa shape index (κ1) is 14.3. The van der Waals surface area contributed by atoms with Gasteiger partial charge in [-0.2, -0.15) is 0 Å². The summed E-state index contributed by atoms with van der Waals surface area (Å²) in [7, 11) is 0. The summed E-state index contributed by atoms with van der Waals surface area (Å²) in [6.45, 7) is 3.96. The fourth-order valence-corrected chi connectivity index (χ4v) is 2.54. The quantitative estimate of drug-likeness (QED) is 0.529. The molecular formula is C14H15N3O2S. The van der Waals surface area contributed by atoms with Crippen molar-refractivity contribution in [1.82, 2.24) is 9.97 Å². The number of anilines is 1. The molecule has 5 nitrogen and oxygen atoms in total. The van der Waals surface area contributed by atoms with Crippen LogP contribution in [0.5, 0.6) is 0 Å². The Bertz CT molecular complexity index is 632. The molecule has 1 heterocycles. The first-order chi connectivity index (χ1) is 9.61. The van der Waals surface area contributed by atoms with Gasteiger partial charge < -0.3 is 10.5 Å². The van der Waals surface area contributed by atoms with Gasteiger partial charge in [0.05, 0.1) is 17.1 Å². The number of hydrogen-bond donors (Lipinski definition) is 1. The maximum Gasteiger partial charge on any atom is 0.339 e. The monoisotopic (exact) mass is 289 g/mol. The third-order valence-corrected chi connectivity index (χ3v) is 3.55. The van der Waals surface area contributed by atoms with Crippen LogP contribution in [0.1, 0.15) is 23.0 Å². The van der Waals surface area contributed by atoms with Crippen molar-refractivity contribution in [3.63, 3.8) is 0 Å². The minimum Gasteiger partial charge on any atom is -0.462 e. The van der Waals surface area contributed by atoms with Crippen LogP contribution in [0, 0.1) is 6.92 Å². The van der Waals surface area contributed by atoms with Gasteiger partial charge in [-0.3, -0.25) is 0 Å². The minimum absolute atomic E-state index is 0.318. The molecule has 1 aromatic carbocycles. The maximum atomic E-state index is 11.9. The van der Waals surface area contributed by atoms with Crippen LogP contribution in [0.4, 0.5) is 5.69 Å². The Morgan fingerprint density at radius 3 is 2.90 bits per heavy atom. The number of aryl methyl sites for hydroxylation is 1. The molecular weight excluding hydrogens is 274 g/mol. The summed E-state index contributed by atoms with van der Waals surface area (Å²) in [5.41, 5.74) is 7.75. The molecule has 0 amide bonds. The molecule has 0 radical (unpaired) electrons. The Balaban J connectivity index is 2.37. The Morgan fingerprint density at radius 1 is 1.40 bits per heavy atom. The van der Waals surface area contributed by atoms with Crippen molar-refractivity contribution in [2.24, 2.45) is 0 Å². The molecule has 1 aromatic heterocycles. The van der Waals surface area contributed by atoms with E-state index in [0.29, 0.717) is 27.9 Å². The lowest BCUT2D eigenvalue weighted by Crippen LogP contribution is -2.07. The van der Waals surface area contributed by atoms with E-state index in [9.17, 15) is 4.79 Å². The van der Waals surface area contributed by atoms with E-state index in [1.807, 2.05) is 13.0 Å². The maximum absolute atomic E-state index is 11.9. The van der Waals surface area contributed by atoms with Gasteiger partial charge in [-0.05, 0) is 43.8 Å². The Hall–Kier alpha value is -2.08. The van der Waals surface area contributed by atoms with E-state index in [1.54, 1.807) is 31.3 Å². The van der Waals surface area contributed by atoms with Crippen molar-refractivity contribution in [3.8, 4) is 0 Å². The highest BCUT2D eigenvalue weighted by atomic mass is 32.2. The Labute approximate surface area is 121 Å². The van der Waals surface area contributed by atoms with E-state index in [0.717, 1.165) is 5.69 Å². The molecule has 0 aliphatic heterocycles.